The van der Waals surface area contributed by atoms with E-state index in [0.29, 0.717) is 12.3 Å². The molecule has 0 saturated heterocycles. The van der Waals surface area contributed by atoms with Gasteiger partial charge in [0.1, 0.15) is 18.1 Å². The minimum Gasteiger partial charge on any atom is -0.487 e. The first-order valence-corrected chi connectivity index (χ1v) is 7.19. The molecule has 0 aliphatic heterocycles. The number of carbonyl (C=O) groups is 1. The molecule has 104 valence electrons. The fraction of sp³-hybridized carbons (Fsp3) is 0.143. The Morgan fingerprint density at radius 3 is 2.70 bits per heavy atom. The van der Waals surface area contributed by atoms with Crippen LogP contribution in [0.25, 0.3) is 0 Å². The highest BCUT2D eigenvalue weighted by Gasteiger charge is 2.06. The quantitative estimate of drug-likeness (QED) is 0.381. The summed E-state index contributed by atoms with van der Waals surface area (Å²) in [5, 5.41) is 0. The highest BCUT2D eigenvalue weighted by molar-refractivity contribution is 7.98. The Kier molecular flexibility index (Phi) is 4.97. The van der Waals surface area contributed by atoms with E-state index in [1.54, 1.807) is 30.0 Å². The molecule has 3 N–H and O–H groups in total. The number of ether oxygens (including phenoxy) is 1. The number of hydrogen-bond acceptors (Lipinski definition) is 5. The highest BCUT2D eigenvalue weighted by Crippen LogP contribution is 2.19. The maximum absolute atomic E-state index is 11.4. The Hall–Kier alpha value is -2.05. The van der Waals surface area contributed by atoms with Crippen LogP contribution in [-0.2, 0) is 6.61 Å². The summed E-state index contributed by atoms with van der Waals surface area (Å²) in [4.78, 5) is 16.7. The number of aromatic nitrogens is 1. The molecule has 2 aromatic rings. The minimum atomic E-state index is -0.420. The fourth-order valence-electron chi connectivity index (χ4n) is 1.59. The second kappa shape index (κ2) is 6.93. The monoisotopic (exact) mass is 289 g/mol. The number of hydrogen-bond donors (Lipinski definition) is 2. The van der Waals surface area contributed by atoms with Crippen molar-refractivity contribution in [3.63, 3.8) is 0 Å². The van der Waals surface area contributed by atoms with E-state index in [2.05, 4.69) is 10.4 Å². The summed E-state index contributed by atoms with van der Waals surface area (Å²) < 4.78 is 5.63. The summed E-state index contributed by atoms with van der Waals surface area (Å²) in [6.45, 7) is 0.296. The Morgan fingerprint density at radius 2 is 2.05 bits per heavy atom. The number of nitrogens with two attached hydrogens (primary N) is 1. The second-order valence-electron chi connectivity index (χ2n) is 3.95. The lowest BCUT2D eigenvalue weighted by atomic mass is 10.3. The lowest BCUT2D eigenvalue weighted by Crippen LogP contribution is -2.30. The number of thioether (sulfide) groups is 1. The van der Waals surface area contributed by atoms with Crippen molar-refractivity contribution in [3.05, 3.63) is 53.9 Å². The predicted molar refractivity (Wildman–Crippen MR) is 78.4 cm³/mol. The van der Waals surface area contributed by atoms with E-state index in [1.165, 1.54) is 4.90 Å². The number of hydrazine groups is 1. The molecule has 1 amide bonds. The molecule has 1 aromatic carbocycles. The molecule has 0 saturated carbocycles. The molecule has 0 aliphatic rings. The average Bonchev–Trinajstić information content (AvgIpc) is 2.53. The normalized spacial score (nSPS) is 10.1. The van der Waals surface area contributed by atoms with E-state index in [0.717, 1.165) is 5.75 Å². The van der Waals surface area contributed by atoms with Crippen molar-refractivity contribution >= 4 is 17.7 Å². The molecule has 5 nitrogen and oxygen atoms in total. The summed E-state index contributed by atoms with van der Waals surface area (Å²) in [5.41, 5.74) is 2.99. The standard InChI is InChI=1S/C14H15N3O2S/c1-20-12-7-5-11(6-8-12)19-9-10-3-2-4-13(16-10)14(18)17-15/h2-8H,9,15H2,1H3,(H,17,18). The largest absolute Gasteiger partial charge is 0.487 e. The zero-order chi connectivity index (χ0) is 14.4. The van der Waals surface area contributed by atoms with Gasteiger partial charge >= 0.3 is 0 Å². The van der Waals surface area contributed by atoms with E-state index >= 15 is 0 Å². The molecule has 0 spiro atoms. The van der Waals surface area contributed by atoms with Gasteiger partial charge in [-0.2, -0.15) is 0 Å². The molecular weight excluding hydrogens is 274 g/mol. The van der Waals surface area contributed by atoms with Gasteiger partial charge in [-0.15, -0.1) is 11.8 Å². The number of nitrogens with one attached hydrogen (secondary N) is 1. The molecule has 6 heteroatoms. The predicted octanol–water partition coefficient (Wildman–Crippen LogP) is 1.99. The lowest BCUT2D eigenvalue weighted by Gasteiger charge is -2.07. The highest BCUT2D eigenvalue weighted by atomic mass is 32.2. The van der Waals surface area contributed by atoms with Crippen molar-refractivity contribution in [1.29, 1.82) is 0 Å². The minimum absolute atomic E-state index is 0.270. The molecular formula is C14H15N3O2S. The van der Waals surface area contributed by atoms with Gasteiger partial charge in [0.05, 0.1) is 5.69 Å². The van der Waals surface area contributed by atoms with E-state index in [1.807, 2.05) is 30.5 Å². The maximum atomic E-state index is 11.4. The third-order valence-corrected chi connectivity index (χ3v) is 3.36. The van der Waals surface area contributed by atoms with Gasteiger partial charge in [0.2, 0.25) is 0 Å². The lowest BCUT2D eigenvalue weighted by molar-refractivity contribution is 0.0948. The van der Waals surface area contributed by atoms with Gasteiger partial charge < -0.3 is 4.74 Å². The summed E-state index contributed by atoms with van der Waals surface area (Å²) in [6.07, 6.45) is 2.02. The Morgan fingerprint density at radius 1 is 1.30 bits per heavy atom. The van der Waals surface area contributed by atoms with Gasteiger partial charge in [-0.05, 0) is 42.7 Å². The van der Waals surface area contributed by atoms with Crippen molar-refractivity contribution in [2.45, 2.75) is 11.5 Å². The smallest absolute Gasteiger partial charge is 0.283 e. The van der Waals surface area contributed by atoms with Crippen molar-refractivity contribution in [3.8, 4) is 5.75 Å². The van der Waals surface area contributed by atoms with E-state index in [-0.39, 0.29) is 5.69 Å². The number of nitrogen functional groups attached to an aromatic ring is 1. The first kappa shape index (κ1) is 14.4. The Balaban J connectivity index is 2.01. The maximum Gasteiger partial charge on any atom is 0.283 e. The fourth-order valence-corrected chi connectivity index (χ4v) is 2.00. The van der Waals surface area contributed by atoms with Crippen molar-refractivity contribution < 1.29 is 9.53 Å². The molecule has 0 bridgehead atoms. The van der Waals surface area contributed by atoms with Gasteiger partial charge in [0.25, 0.3) is 5.91 Å². The molecule has 1 aromatic heterocycles. The van der Waals surface area contributed by atoms with Crippen LogP contribution in [0.2, 0.25) is 0 Å². The summed E-state index contributed by atoms with van der Waals surface area (Å²) in [5.74, 6) is 5.42. The van der Waals surface area contributed by atoms with Crippen molar-refractivity contribution in [2.75, 3.05) is 6.26 Å². The van der Waals surface area contributed by atoms with Crippen LogP contribution >= 0.6 is 11.8 Å². The second-order valence-corrected chi connectivity index (χ2v) is 4.83. The summed E-state index contributed by atoms with van der Waals surface area (Å²) in [6, 6.07) is 12.9. The molecule has 0 atom stereocenters. The van der Waals surface area contributed by atoms with Crippen LogP contribution in [0.3, 0.4) is 0 Å². The molecule has 0 fully saturated rings. The molecule has 20 heavy (non-hydrogen) atoms. The van der Waals surface area contributed by atoms with E-state index < -0.39 is 5.91 Å². The topological polar surface area (TPSA) is 77.2 Å². The first-order valence-electron chi connectivity index (χ1n) is 5.96. The summed E-state index contributed by atoms with van der Waals surface area (Å²) in [7, 11) is 0. The van der Waals surface area contributed by atoms with Crippen LogP contribution < -0.4 is 16.0 Å². The van der Waals surface area contributed by atoms with Gasteiger partial charge in [-0.3, -0.25) is 10.2 Å². The number of pyridine rings is 1. The van der Waals surface area contributed by atoms with Crippen molar-refractivity contribution in [1.82, 2.24) is 10.4 Å². The van der Waals surface area contributed by atoms with E-state index in [4.69, 9.17) is 10.6 Å². The van der Waals surface area contributed by atoms with Gasteiger partial charge in [0, 0.05) is 4.90 Å². The van der Waals surface area contributed by atoms with Crippen LogP contribution in [0, 0.1) is 0 Å². The molecule has 0 unspecified atom stereocenters. The van der Waals surface area contributed by atoms with Crippen LogP contribution in [0.1, 0.15) is 16.2 Å². The van der Waals surface area contributed by atoms with Crippen LogP contribution in [0.5, 0.6) is 5.75 Å². The SMILES string of the molecule is CSc1ccc(OCc2cccc(C(=O)NN)n2)cc1. The number of nitrogens with zero attached hydrogens (tertiary/aromatic N) is 1. The van der Waals surface area contributed by atoms with Gasteiger partial charge in [0.15, 0.2) is 0 Å². The first-order chi connectivity index (χ1) is 9.72. The molecule has 1 heterocycles. The Bertz CT molecular complexity index is 587. The molecule has 0 radical (unpaired) electrons. The zero-order valence-corrected chi connectivity index (χ0v) is 11.8. The van der Waals surface area contributed by atoms with E-state index in [9.17, 15) is 4.79 Å². The number of amides is 1. The van der Waals surface area contributed by atoms with Gasteiger partial charge in [-0.25, -0.2) is 10.8 Å². The third-order valence-electron chi connectivity index (χ3n) is 2.62. The van der Waals surface area contributed by atoms with Crippen LogP contribution in [-0.4, -0.2) is 17.1 Å². The molecule has 2 rings (SSSR count). The van der Waals surface area contributed by atoms with Crippen molar-refractivity contribution in [2.24, 2.45) is 5.84 Å². The third kappa shape index (κ3) is 3.72. The van der Waals surface area contributed by atoms with Crippen LogP contribution in [0.15, 0.2) is 47.4 Å². The zero-order valence-electron chi connectivity index (χ0n) is 11.0. The Labute approximate surface area is 121 Å². The number of benzene rings is 1. The van der Waals surface area contributed by atoms with Crippen LogP contribution in [0.4, 0.5) is 0 Å². The molecule has 0 aliphatic carbocycles. The summed E-state index contributed by atoms with van der Waals surface area (Å²) >= 11 is 1.68. The number of rotatable bonds is 5. The number of carbonyl (C=O) groups excluding carboxylic acids is 1. The van der Waals surface area contributed by atoms with Gasteiger partial charge in [-0.1, -0.05) is 6.07 Å². The average molecular weight is 289 g/mol.